The Morgan fingerprint density at radius 3 is 2.31 bits per heavy atom. The Morgan fingerprint density at radius 2 is 1.62 bits per heavy atom. The Bertz CT molecular complexity index is 1020. The SMILES string of the molecule is O=C(C1COc2ccc(Cl)cc2C1)N1CCN(S(=O)(=O)c2ccc(Cl)cc2)CC1. The summed E-state index contributed by atoms with van der Waals surface area (Å²) in [4.78, 5) is 14.9. The fourth-order valence-corrected chi connectivity index (χ4v) is 5.43. The second-order valence-electron chi connectivity index (χ2n) is 7.15. The van der Waals surface area contributed by atoms with Crippen LogP contribution in [0.4, 0.5) is 0 Å². The number of sulfonamides is 1. The van der Waals surface area contributed by atoms with E-state index >= 15 is 0 Å². The number of carbonyl (C=O) groups is 1. The molecule has 0 aromatic heterocycles. The highest BCUT2D eigenvalue weighted by Crippen LogP contribution is 2.31. The van der Waals surface area contributed by atoms with E-state index in [2.05, 4.69) is 0 Å². The van der Waals surface area contributed by atoms with Gasteiger partial charge < -0.3 is 9.64 Å². The Balaban J connectivity index is 1.39. The van der Waals surface area contributed by atoms with Gasteiger partial charge in [0.2, 0.25) is 15.9 Å². The Labute approximate surface area is 180 Å². The van der Waals surface area contributed by atoms with E-state index in [0.717, 1.165) is 11.3 Å². The molecular weight excluding hydrogens is 435 g/mol. The number of piperazine rings is 1. The lowest BCUT2D eigenvalue weighted by molar-refractivity contribution is -0.138. The van der Waals surface area contributed by atoms with Gasteiger partial charge in [0.05, 0.1) is 10.8 Å². The molecule has 1 saturated heterocycles. The van der Waals surface area contributed by atoms with Crippen LogP contribution >= 0.6 is 23.2 Å². The molecular formula is C20H20Cl2N2O4S. The smallest absolute Gasteiger partial charge is 0.243 e. The van der Waals surface area contributed by atoms with E-state index in [1.165, 1.54) is 16.4 Å². The van der Waals surface area contributed by atoms with Crippen molar-refractivity contribution in [1.82, 2.24) is 9.21 Å². The third kappa shape index (κ3) is 4.23. The molecule has 4 rings (SSSR count). The molecule has 1 fully saturated rings. The number of carbonyl (C=O) groups excluding carboxylic acids is 1. The average Bonchev–Trinajstić information content (AvgIpc) is 2.73. The number of nitrogens with zero attached hydrogens (tertiary/aromatic N) is 2. The van der Waals surface area contributed by atoms with Crippen LogP contribution in [0.3, 0.4) is 0 Å². The highest BCUT2D eigenvalue weighted by atomic mass is 35.5. The highest BCUT2D eigenvalue weighted by molar-refractivity contribution is 7.89. The lowest BCUT2D eigenvalue weighted by atomic mass is 9.95. The summed E-state index contributed by atoms with van der Waals surface area (Å²) in [5.74, 6) is 0.455. The number of rotatable bonds is 3. The van der Waals surface area contributed by atoms with E-state index < -0.39 is 10.0 Å². The van der Waals surface area contributed by atoms with E-state index in [1.54, 1.807) is 23.1 Å². The number of fused-ring (bicyclic) bond motifs is 1. The van der Waals surface area contributed by atoms with Gasteiger partial charge in [-0.15, -0.1) is 0 Å². The predicted octanol–water partition coefficient (Wildman–Crippen LogP) is 3.08. The molecule has 0 aliphatic carbocycles. The Morgan fingerprint density at radius 1 is 0.966 bits per heavy atom. The van der Waals surface area contributed by atoms with Crippen molar-refractivity contribution in [3.63, 3.8) is 0 Å². The van der Waals surface area contributed by atoms with Crippen molar-refractivity contribution in [3.05, 3.63) is 58.1 Å². The summed E-state index contributed by atoms with van der Waals surface area (Å²) in [7, 11) is -3.60. The molecule has 2 aliphatic rings. The molecule has 6 nitrogen and oxygen atoms in total. The summed E-state index contributed by atoms with van der Waals surface area (Å²) in [5.41, 5.74) is 0.922. The van der Waals surface area contributed by atoms with Crippen LogP contribution in [-0.4, -0.2) is 56.3 Å². The fraction of sp³-hybridized carbons (Fsp3) is 0.350. The van der Waals surface area contributed by atoms with Crippen LogP contribution in [0.5, 0.6) is 5.75 Å². The van der Waals surface area contributed by atoms with Crippen LogP contribution in [0.1, 0.15) is 5.56 Å². The molecule has 9 heteroatoms. The van der Waals surface area contributed by atoms with E-state index in [-0.39, 0.29) is 29.8 Å². The molecule has 1 unspecified atom stereocenters. The normalized spacial score (nSPS) is 20.1. The number of ether oxygens (including phenoxy) is 1. The highest BCUT2D eigenvalue weighted by Gasteiger charge is 2.34. The summed E-state index contributed by atoms with van der Waals surface area (Å²) in [5, 5.41) is 1.10. The minimum absolute atomic E-state index is 0.0147. The molecule has 29 heavy (non-hydrogen) atoms. The van der Waals surface area contributed by atoms with Crippen LogP contribution in [0, 0.1) is 5.92 Å². The molecule has 0 radical (unpaired) electrons. The Hall–Kier alpha value is -1.80. The summed E-state index contributed by atoms with van der Waals surface area (Å²) in [6.07, 6.45) is 0.567. The largest absolute Gasteiger partial charge is 0.492 e. The van der Waals surface area contributed by atoms with Gasteiger partial charge in [-0.05, 0) is 54.4 Å². The number of benzene rings is 2. The summed E-state index contributed by atoms with van der Waals surface area (Å²) < 4.78 is 32.7. The van der Waals surface area contributed by atoms with Crippen LogP contribution in [0.25, 0.3) is 0 Å². The number of hydrogen-bond acceptors (Lipinski definition) is 4. The monoisotopic (exact) mass is 454 g/mol. The van der Waals surface area contributed by atoms with Gasteiger partial charge in [0, 0.05) is 36.2 Å². The van der Waals surface area contributed by atoms with E-state index in [4.69, 9.17) is 27.9 Å². The predicted molar refractivity (Wildman–Crippen MR) is 111 cm³/mol. The van der Waals surface area contributed by atoms with Gasteiger partial charge in [0.1, 0.15) is 12.4 Å². The molecule has 2 aliphatic heterocycles. The first-order chi connectivity index (χ1) is 13.8. The summed E-state index contributed by atoms with van der Waals surface area (Å²) >= 11 is 11.9. The van der Waals surface area contributed by atoms with Crippen molar-refractivity contribution in [1.29, 1.82) is 0 Å². The molecule has 2 heterocycles. The maximum atomic E-state index is 12.9. The minimum atomic E-state index is -3.60. The first-order valence-corrected chi connectivity index (χ1v) is 11.5. The topological polar surface area (TPSA) is 66.9 Å². The maximum Gasteiger partial charge on any atom is 0.243 e. The van der Waals surface area contributed by atoms with Gasteiger partial charge in [-0.25, -0.2) is 8.42 Å². The van der Waals surface area contributed by atoms with Crippen molar-refractivity contribution >= 4 is 39.1 Å². The molecule has 154 valence electrons. The standard InChI is InChI=1S/C20H20Cl2N2O4S/c21-16-1-4-18(5-2-16)29(26,27)24-9-7-23(8-10-24)20(25)15-11-14-12-17(22)3-6-19(14)28-13-15/h1-6,12,15H,7-11,13H2. The molecule has 0 N–H and O–H groups in total. The molecule has 0 spiro atoms. The quantitative estimate of drug-likeness (QED) is 0.714. The number of halogens is 2. The van der Waals surface area contributed by atoms with Crippen LogP contribution in [0.15, 0.2) is 47.4 Å². The minimum Gasteiger partial charge on any atom is -0.492 e. The molecule has 2 aromatic rings. The van der Waals surface area contributed by atoms with Gasteiger partial charge in [-0.3, -0.25) is 4.79 Å². The number of amides is 1. The molecule has 2 aromatic carbocycles. The van der Waals surface area contributed by atoms with Crippen LogP contribution < -0.4 is 4.74 Å². The van der Waals surface area contributed by atoms with Crippen molar-refractivity contribution in [2.45, 2.75) is 11.3 Å². The maximum absolute atomic E-state index is 12.9. The van der Waals surface area contributed by atoms with Crippen molar-refractivity contribution < 1.29 is 17.9 Å². The zero-order chi connectivity index (χ0) is 20.6. The second-order valence-corrected chi connectivity index (χ2v) is 9.96. The van der Waals surface area contributed by atoms with Gasteiger partial charge in [0.25, 0.3) is 0 Å². The lowest BCUT2D eigenvalue weighted by Crippen LogP contribution is -2.52. The van der Waals surface area contributed by atoms with Gasteiger partial charge in [0.15, 0.2) is 0 Å². The zero-order valence-corrected chi connectivity index (χ0v) is 17.9. The zero-order valence-electron chi connectivity index (χ0n) is 15.6. The summed E-state index contributed by atoms with van der Waals surface area (Å²) in [6.45, 7) is 1.53. The first-order valence-electron chi connectivity index (χ1n) is 9.30. The molecule has 1 atom stereocenters. The van der Waals surface area contributed by atoms with Crippen molar-refractivity contribution in [2.24, 2.45) is 5.92 Å². The first kappa shape index (κ1) is 20.5. The van der Waals surface area contributed by atoms with E-state index in [1.807, 2.05) is 12.1 Å². The van der Waals surface area contributed by atoms with Crippen molar-refractivity contribution in [3.8, 4) is 5.75 Å². The van der Waals surface area contributed by atoms with E-state index in [9.17, 15) is 13.2 Å². The van der Waals surface area contributed by atoms with Gasteiger partial charge >= 0.3 is 0 Å². The lowest BCUT2D eigenvalue weighted by Gasteiger charge is -2.36. The molecule has 0 saturated carbocycles. The van der Waals surface area contributed by atoms with Crippen LogP contribution in [0.2, 0.25) is 10.0 Å². The third-order valence-electron chi connectivity index (χ3n) is 5.28. The van der Waals surface area contributed by atoms with E-state index in [0.29, 0.717) is 36.2 Å². The fourth-order valence-electron chi connectivity index (χ4n) is 3.68. The summed E-state index contributed by atoms with van der Waals surface area (Å²) in [6, 6.07) is 11.5. The van der Waals surface area contributed by atoms with Crippen molar-refractivity contribution in [2.75, 3.05) is 32.8 Å². The average molecular weight is 455 g/mol. The second kappa shape index (κ2) is 8.14. The molecule has 0 bridgehead atoms. The van der Waals surface area contributed by atoms with Gasteiger partial charge in [-0.1, -0.05) is 23.2 Å². The number of hydrogen-bond donors (Lipinski definition) is 0. The van der Waals surface area contributed by atoms with Gasteiger partial charge in [-0.2, -0.15) is 4.31 Å². The molecule has 1 amide bonds. The Kier molecular flexibility index (Phi) is 5.75. The van der Waals surface area contributed by atoms with Crippen LogP contribution in [-0.2, 0) is 21.2 Å². The third-order valence-corrected chi connectivity index (χ3v) is 7.68.